The van der Waals surface area contributed by atoms with Crippen LogP contribution in [0.1, 0.15) is 32.1 Å². The number of rotatable bonds is 5. The number of aromatic nitrogens is 1. The van der Waals surface area contributed by atoms with Crippen molar-refractivity contribution in [1.29, 1.82) is 0 Å². The average molecular weight is 382 g/mol. The lowest BCUT2D eigenvalue weighted by Crippen LogP contribution is -2.36. The lowest BCUT2D eigenvalue weighted by Gasteiger charge is -2.22. The molecule has 6 heteroatoms. The molecule has 1 aromatic heterocycles. The summed E-state index contributed by atoms with van der Waals surface area (Å²) >= 11 is 0. The second-order valence-corrected chi connectivity index (χ2v) is 8.59. The third-order valence-corrected chi connectivity index (χ3v) is 6.44. The first-order valence-electron chi connectivity index (χ1n) is 9.26. The lowest BCUT2D eigenvalue weighted by atomic mass is 9.96. The molecule has 0 aliphatic heterocycles. The van der Waals surface area contributed by atoms with E-state index in [4.69, 9.17) is 4.42 Å². The maximum absolute atomic E-state index is 12.6. The molecule has 27 heavy (non-hydrogen) atoms. The van der Waals surface area contributed by atoms with Crippen LogP contribution < -0.4 is 4.72 Å². The zero-order valence-corrected chi connectivity index (χ0v) is 15.8. The highest BCUT2D eigenvalue weighted by Gasteiger charge is 2.22. The summed E-state index contributed by atoms with van der Waals surface area (Å²) in [5.41, 5.74) is 1.70. The van der Waals surface area contributed by atoms with Gasteiger partial charge in [-0.3, -0.25) is 0 Å². The number of nitrogens with one attached hydrogen (secondary N) is 1. The Morgan fingerprint density at radius 3 is 2.30 bits per heavy atom. The summed E-state index contributed by atoms with van der Waals surface area (Å²) in [7, 11) is -3.50. The predicted molar refractivity (Wildman–Crippen MR) is 105 cm³/mol. The van der Waals surface area contributed by atoms with Crippen molar-refractivity contribution in [2.45, 2.75) is 43.0 Å². The highest BCUT2D eigenvalue weighted by Crippen LogP contribution is 2.27. The molecule has 1 aliphatic carbocycles. The van der Waals surface area contributed by atoms with Gasteiger partial charge in [0.05, 0.1) is 11.1 Å². The highest BCUT2D eigenvalue weighted by molar-refractivity contribution is 7.89. The number of benzene rings is 2. The molecule has 0 radical (unpaired) electrons. The van der Waals surface area contributed by atoms with Gasteiger partial charge in [-0.15, -0.1) is 0 Å². The van der Waals surface area contributed by atoms with Gasteiger partial charge in [-0.05, 0) is 37.1 Å². The zero-order valence-electron chi connectivity index (χ0n) is 15.0. The Morgan fingerprint density at radius 1 is 0.889 bits per heavy atom. The monoisotopic (exact) mass is 382 g/mol. The molecule has 0 saturated heterocycles. The van der Waals surface area contributed by atoms with E-state index in [1.54, 1.807) is 30.5 Å². The maximum Gasteiger partial charge on any atom is 0.240 e. The van der Waals surface area contributed by atoms with Crippen molar-refractivity contribution in [1.82, 2.24) is 9.71 Å². The van der Waals surface area contributed by atoms with E-state index in [2.05, 4.69) is 9.71 Å². The van der Waals surface area contributed by atoms with Crippen molar-refractivity contribution in [3.8, 4) is 22.8 Å². The number of hydrogen-bond acceptors (Lipinski definition) is 4. The van der Waals surface area contributed by atoms with Crippen molar-refractivity contribution in [2.24, 2.45) is 0 Å². The van der Waals surface area contributed by atoms with Crippen LogP contribution in [-0.4, -0.2) is 19.4 Å². The van der Waals surface area contributed by atoms with Crippen LogP contribution in [-0.2, 0) is 10.0 Å². The number of oxazole rings is 1. The van der Waals surface area contributed by atoms with Crippen molar-refractivity contribution >= 4 is 10.0 Å². The van der Waals surface area contributed by atoms with E-state index in [0.717, 1.165) is 36.8 Å². The SMILES string of the molecule is O=S(=O)(NC1CCCCC1)c1ccc(-c2ncc(-c3ccccc3)o2)cc1. The average Bonchev–Trinajstić information content (AvgIpc) is 3.19. The van der Waals surface area contributed by atoms with Gasteiger partial charge in [0.25, 0.3) is 0 Å². The third-order valence-electron chi connectivity index (χ3n) is 4.90. The Labute approximate surface area is 159 Å². The molecule has 1 saturated carbocycles. The second-order valence-electron chi connectivity index (χ2n) is 6.88. The van der Waals surface area contributed by atoms with Crippen LogP contribution in [0.3, 0.4) is 0 Å². The van der Waals surface area contributed by atoms with E-state index in [0.29, 0.717) is 11.7 Å². The van der Waals surface area contributed by atoms with E-state index in [9.17, 15) is 8.42 Å². The Morgan fingerprint density at radius 2 is 1.59 bits per heavy atom. The molecule has 1 fully saturated rings. The minimum atomic E-state index is -3.50. The van der Waals surface area contributed by atoms with Gasteiger partial charge in [0.1, 0.15) is 0 Å². The molecular formula is C21H22N2O3S. The van der Waals surface area contributed by atoms with Crippen molar-refractivity contribution in [2.75, 3.05) is 0 Å². The van der Waals surface area contributed by atoms with E-state index >= 15 is 0 Å². The Hall–Kier alpha value is -2.44. The lowest BCUT2D eigenvalue weighted by molar-refractivity contribution is 0.412. The fourth-order valence-electron chi connectivity index (χ4n) is 3.43. The summed E-state index contributed by atoms with van der Waals surface area (Å²) in [6.07, 6.45) is 6.86. The first-order valence-corrected chi connectivity index (χ1v) is 10.7. The maximum atomic E-state index is 12.6. The fourth-order valence-corrected chi connectivity index (χ4v) is 4.73. The molecule has 5 nitrogen and oxygen atoms in total. The van der Waals surface area contributed by atoms with Crippen LogP contribution in [0, 0.1) is 0 Å². The van der Waals surface area contributed by atoms with Gasteiger partial charge >= 0.3 is 0 Å². The fraction of sp³-hybridized carbons (Fsp3) is 0.286. The summed E-state index contributed by atoms with van der Waals surface area (Å²) < 4.78 is 33.8. The first kappa shape index (κ1) is 17.9. The molecule has 1 heterocycles. The largest absolute Gasteiger partial charge is 0.436 e. The molecule has 2 aromatic carbocycles. The quantitative estimate of drug-likeness (QED) is 0.699. The minimum absolute atomic E-state index is 0.0450. The summed E-state index contributed by atoms with van der Waals surface area (Å²) in [5.74, 6) is 1.15. The molecule has 1 N–H and O–H groups in total. The van der Waals surface area contributed by atoms with Crippen molar-refractivity contribution in [3.63, 3.8) is 0 Å². The summed E-state index contributed by atoms with van der Waals surface area (Å²) in [6.45, 7) is 0. The van der Waals surface area contributed by atoms with Gasteiger partial charge < -0.3 is 4.42 Å². The minimum Gasteiger partial charge on any atom is -0.436 e. The topological polar surface area (TPSA) is 72.2 Å². The number of nitrogens with zero attached hydrogens (tertiary/aromatic N) is 1. The Balaban J connectivity index is 1.51. The van der Waals surface area contributed by atoms with Gasteiger partial charge in [-0.2, -0.15) is 0 Å². The smallest absolute Gasteiger partial charge is 0.240 e. The van der Waals surface area contributed by atoms with E-state index in [-0.39, 0.29) is 10.9 Å². The second kappa shape index (κ2) is 7.66. The van der Waals surface area contributed by atoms with Gasteiger partial charge in [-0.1, -0.05) is 49.6 Å². The molecule has 0 amide bonds. The van der Waals surface area contributed by atoms with E-state index in [1.807, 2.05) is 30.3 Å². The first-order chi connectivity index (χ1) is 13.1. The van der Waals surface area contributed by atoms with Crippen molar-refractivity contribution in [3.05, 3.63) is 60.8 Å². The molecule has 3 aromatic rings. The van der Waals surface area contributed by atoms with E-state index < -0.39 is 10.0 Å². The van der Waals surface area contributed by atoms with Crippen LogP contribution in [0.5, 0.6) is 0 Å². The van der Waals surface area contributed by atoms with E-state index in [1.165, 1.54) is 6.42 Å². The number of hydrogen-bond donors (Lipinski definition) is 1. The Kier molecular flexibility index (Phi) is 5.09. The standard InChI is InChI=1S/C21H22N2O3S/c24-27(25,23-18-9-5-2-6-10-18)19-13-11-17(12-14-19)21-22-15-20(26-21)16-7-3-1-4-8-16/h1,3-4,7-8,11-15,18,23H,2,5-6,9-10H2. The molecule has 0 bridgehead atoms. The van der Waals surface area contributed by atoms with Crippen LogP contribution >= 0.6 is 0 Å². The van der Waals surface area contributed by atoms with Gasteiger partial charge in [0.2, 0.25) is 15.9 Å². The summed E-state index contributed by atoms with van der Waals surface area (Å²) in [4.78, 5) is 4.59. The van der Waals surface area contributed by atoms with Crippen molar-refractivity contribution < 1.29 is 12.8 Å². The summed E-state index contributed by atoms with van der Waals surface area (Å²) in [6, 6.07) is 16.5. The molecule has 4 rings (SSSR count). The highest BCUT2D eigenvalue weighted by atomic mass is 32.2. The van der Waals surface area contributed by atoms with Crippen LogP contribution in [0.15, 0.2) is 70.1 Å². The molecule has 1 aliphatic rings. The molecule has 0 atom stereocenters. The molecule has 140 valence electrons. The van der Waals surface area contributed by atoms with Crippen LogP contribution in [0.2, 0.25) is 0 Å². The zero-order chi connectivity index (χ0) is 18.7. The van der Waals surface area contributed by atoms with Gasteiger partial charge in [0.15, 0.2) is 5.76 Å². The molecular weight excluding hydrogens is 360 g/mol. The third kappa shape index (κ3) is 4.12. The number of sulfonamides is 1. The van der Waals surface area contributed by atoms with Gasteiger partial charge in [0, 0.05) is 17.2 Å². The predicted octanol–water partition coefficient (Wildman–Crippen LogP) is 4.62. The summed E-state index contributed by atoms with van der Waals surface area (Å²) in [5, 5.41) is 0. The molecule has 0 unspecified atom stereocenters. The Bertz CT molecular complexity index is 989. The van der Waals surface area contributed by atoms with Crippen LogP contribution in [0.4, 0.5) is 0 Å². The van der Waals surface area contributed by atoms with Crippen LogP contribution in [0.25, 0.3) is 22.8 Å². The molecule has 0 spiro atoms. The van der Waals surface area contributed by atoms with Gasteiger partial charge in [-0.25, -0.2) is 18.1 Å². The normalized spacial score (nSPS) is 15.7.